The van der Waals surface area contributed by atoms with E-state index in [0.29, 0.717) is 13.0 Å². The van der Waals surface area contributed by atoms with Gasteiger partial charge in [-0.05, 0) is 31.4 Å². The molecule has 1 fully saturated rings. The molecule has 1 aromatic carbocycles. The van der Waals surface area contributed by atoms with Crippen molar-refractivity contribution in [2.45, 2.75) is 46.1 Å². The summed E-state index contributed by atoms with van der Waals surface area (Å²) >= 11 is 0. The number of hydrogen-bond donors (Lipinski definition) is 1. The van der Waals surface area contributed by atoms with Crippen LogP contribution in [-0.2, 0) is 9.59 Å². The fraction of sp³-hybridized carbons (Fsp3) is 0.529. The van der Waals surface area contributed by atoms with Crippen molar-refractivity contribution in [3.63, 3.8) is 0 Å². The minimum Gasteiger partial charge on any atom is -0.353 e. The van der Waals surface area contributed by atoms with E-state index >= 15 is 0 Å². The third-order valence-electron chi connectivity index (χ3n) is 4.23. The molecular weight excluding hydrogens is 264 g/mol. The Bertz CT molecular complexity index is 523. The van der Waals surface area contributed by atoms with Gasteiger partial charge in [-0.3, -0.25) is 9.59 Å². The fourth-order valence-electron chi connectivity index (χ4n) is 2.79. The molecule has 1 heterocycles. The Labute approximate surface area is 126 Å². The first kappa shape index (κ1) is 15.5. The molecule has 4 heteroatoms. The van der Waals surface area contributed by atoms with Crippen molar-refractivity contribution in [1.82, 2.24) is 5.32 Å². The maximum atomic E-state index is 12.3. The smallest absolute Gasteiger partial charge is 0.227 e. The maximum absolute atomic E-state index is 12.3. The average molecular weight is 288 g/mol. The molecule has 0 aromatic heterocycles. The predicted molar refractivity (Wildman–Crippen MR) is 84.2 cm³/mol. The number of nitrogens with one attached hydrogen (secondary N) is 1. The highest BCUT2D eigenvalue weighted by molar-refractivity contribution is 6.00. The fourth-order valence-corrected chi connectivity index (χ4v) is 2.79. The third-order valence-corrected chi connectivity index (χ3v) is 4.23. The SMILES string of the molecule is CCC(CC)NC(=O)[C@H]1CC(=O)N(c2ccccc2C)C1. The molecule has 1 aliphatic rings. The molecule has 0 saturated carbocycles. The van der Waals surface area contributed by atoms with Crippen molar-refractivity contribution in [2.24, 2.45) is 5.92 Å². The van der Waals surface area contributed by atoms with E-state index in [2.05, 4.69) is 19.2 Å². The summed E-state index contributed by atoms with van der Waals surface area (Å²) in [7, 11) is 0. The second kappa shape index (κ2) is 6.74. The van der Waals surface area contributed by atoms with Crippen molar-refractivity contribution in [1.29, 1.82) is 0 Å². The Kier molecular flexibility index (Phi) is 4.99. The minimum atomic E-state index is -0.238. The largest absolute Gasteiger partial charge is 0.353 e. The van der Waals surface area contributed by atoms with Crippen LogP contribution in [0.25, 0.3) is 0 Å². The topological polar surface area (TPSA) is 49.4 Å². The zero-order chi connectivity index (χ0) is 15.4. The normalized spacial score (nSPS) is 18.4. The standard InChI is InChI=1S/C17H24N2O2/c1-4-14(5-2)18-17(21)13-10-16(20)19(11-13)15-9-7-6-8-12(15)3/h6-9,13-14H,4-5,10-11H2,1-3H3,(H,18,21)/t13-/m0/s1. The second-order valence-corrected chi connectivity index (χ2v) is 5.71. The Morgan fingerprint density at radius 1 is 1.33 bits per heavy atom. The van der Waals surface area contributed by atoms with E-state index in [1.54, 1.807) is 4.90 Å². The molecule has 1 aliphatic heterocycles. The molecule has 0 radical (unpaired) electrons. The number of hydrogen-bond acceptors (Lipinski definition) is 2. The van der Waals surface area contributed by atoms with Crippen LogP contribution in [-0.4, -0.2) is 24.4 Å². The number of carbonyl (C=O) groups excluding carboxylic acids is 2. The molecule has 4 nitrogen and oxygen atoms in total. The number of carbonyl (C=O) groups is 2. The molecule has 114 valence electrons. The van der Waals surface area contributed by atoms with Gasteiger partial charge in [0.1, 0.15) is 0 Å². The number of benzene rings is 1. The van der Waals surface area contributed by atoms with Gasteiger partial charge < -0.3 is 10.2 Å². The van der Waals surface area contributed by atoms with Gasteiger partial charge in [-0.15, -0.1) is 0 Å². The summed E-state index contributed by atoms with van der Waals surface area (Å²) in [6.45, 7) is 6.59. The summed E-state index contributed by atoms with van der Waals surface area (Å²) in [4.78, 5) is 26.2. The van der Waals surface area contributed by atoms with Gasteiger partial charge >= 0.3 is 0 Å². The summed E-state index contributed by atoms with van der Waals surface area (Å²) < 4.78 is 0. The Balaban J connectivity index is 2.06. The van der Waals surface area contributed by atoms with Crippen molar-refractivity contribution in [3.8, 4) is 0 Å². The van der Waals surface area contributed by atoms with E-state index < -0.39 is 0 Å². The first-order valence-corrected chi connectivity index (χ1v) is 7.73. The van der Waals surface area contributed by atoms with Crippen molar-refractivity contribution in [3.05, 3.63) is 29.8 Å². The van der Waals surface area contributed by atoms with E-state index in [4.69, 9.17) is 0 Å². The summed E-state index contributed by atoms with van der Waals surface area (Å²) in [5.41, 5.74) is 1.98. The first-order chi connectivity index (χ1) is 10.1. The molecule has 0 bridgehead atoms. The highest BCUT2D eigenvalue weighted by atomic mass is 16.2. The number of anilines is 1. The van der Waals surface area contributed by atoms with Crippen molar-refractivity contribution < 1.29 is 9.59 Å². The van der Waals surface area contributed by atoms with Crippen molar-refractivity contribution >= 4 is 17.5 Å². The van der Waals surface area contributed by atoms with E-state index in [-0.39, 0.29) is 23.8 Å². The average Bonchev–Trinajstić information content (AvgIpc) is 2.87. The van der Waals surface area contributed by atoms with Gasteiger partial charge in [0, 0.05) is 24.7 Å². The van der Waals surface area contributed by atoms with Gasteiger partial charge in [-0.25, -0.2) is 0 Å². The van der Waals surface area contributed by atoms with Crippen LogP contribution in [0.3, 0.4) is 0 Å². The quantitative estimate of drug-likeness (QED) is 0.905. The molecule has 0 unspecified atom stereocenters. The molecule has 1 aromatic rings. The molecule has 2 amide bonds. The lowest BCUT2D eigenvalue weighted by Crippen LogP contribution is -2.39. The van der Waals surface area contributed by atoms with Crippen LogP contribution in [0.1, 0.15) is 38.7 Å². The van der Waals surface area contributed by atoms with Gasteiger partial charge in [-0.1, -0.05) is 32.0 Å². The van der Waals surface area contributed by atoms with Gasteiger partial charge in [0.25, 0.3) is 0 Å². The Hall–Kier alpha value is -1.84. The van der Waals surface area contributed by atoms with Crippen LogP contribution >= 0.6 is 0 Å². The monoisotopic (exact) mass is 288 g/mol. The molecule has 1 saturated heterocycles. The highest BCUT2D eigenvalue weighted by Gasteiger charge is 2.35. The molecule has 0 spiro atoms. The molecule has 21 heavy (non-hydrogen) atoms. The number of para-hydroxylation sites is 1. The first-order valence-electron chi connectivity index (χ1n) is 7.73. The molecule has 2 rings (SSSR count). The van der Waals surface area contributed by atoms with Crippen LogP contribution in [0.2, 0.25) is 0 Å². The number of nitrogens with zero attached hydrogens (tertiary/aromatic N) is 1. The molecule has 0 aliphatic carbocycles. The summed E-state index contributed by atoms with van der Waals surface area (Å²) in [6, 6.07) is 8.01. The third kappa shape index (κ3) is 3.43. The number of aryl methyl sites for hydroxylation is 1. The molecular formula is C17H24N2O2. The second-order valence-electron chi connectivity index (χ2n) is 5.71. The van der Waals surface area contributed by atoms with Crippen LogP contribution in [0.5, 0.6) is 0 Å². The molecule has 1 atom stereocenters. The zero-order valence-electron chi connectivity index (χ0n) is 13.1. The van der Waals surface area contributed by atoms with Crippen LogP contribution in [0, 0.1) is 12.8 Å². The zero-order valence-corrected chi connectivity index (χ0v) is 13.1. The summed E-state index contributed by atoms with van der Waals surface area (Å²) in [6.07, 6.45) is 2.15. The minimum absolute atomic E-state index is 0.00753. The summed E-state index contributed by atoms with van der Waals surface area (Å²) in [5, 5.41) is 3.05. The highest BCUT2D eigenvalue weighted by Crippen LogP contribution is 2.27. The Morgan fingerprint density at radius 3 is 2.62 bits per heavy atom. The summed E-state index contributed by atoms with van der Waals surface area (Å²) in [5.74, 6) is -0.195. The van der Waals surface area contributed by atoms with Gasteiger partial charge in [-0.2, -0.15) is 0 Å². The number of rotatable bonds is 5. The van der Waals surface area contributed by atoms with Gasteiger partial charge in [0.05, 0.1) is 5.92 Å². The van der Waals surface area contributed by atoms with Gasteiger partial charge in [0.2, 0.25) is 11.8 Å². The van der Waals surface area contributed by atoms with Crippen LogP contribution in [0.15, 0.2) is 24.3 Å². The maximum Gasteiger partial charge on any atom is 0.227 e. The lowest BCUT2D eigenvalue weighted by Gasteiger charge is -2.20. The number of amides is 2. The Morgan fingerprint density at radius 2 is 2.00 bits per heavy atom. The predicted octanol–water partition coefficient (Wildman–Crippen LogP) is 2.65. The van der Waals surface area contributed by atoms with Crippen LogP contribution < -0.4 is 10.2 Å². The van der Waals surface area contributed by atoms with Gasteiger partial charge in [0.15, 0.2) is 0 Å². The lowest BCUT2D eigenvalue weighted by molar-refractivity contribution is -0.127. The van der Waals surface area contributed by atoms with E-state index in [1.807, 2.05) is 31.2 Å². The van der Waals surface area contributed by atoms with Crippen LogP contribution in [0.4, 0.5) is 5.69 Å². The van der Waals surface area contributed by atoms with Crippen molar-refractivity contribution in [2.75, 3.05) is 11.4 Å². The van der Waals surface area contributed by atoms with E-state index in [0.717, 1.165) is 24.1 Å². The van der Waals surface area contributed by atoms with E-state index in [9.17, 15) is 9.59 Å². The molecule has 1 N–H and O–H groups in total. The van der Waals surface area contributed by atoms with E-state index in [1.165, 1.54) is 0 Å². The lowest BCUT2D eigenvalue weighted by atomic mass is 10.1.